The van der Waals surface area contributed by atoms with E-state index in [1.54, 1.807) is 19.1 Å². The zero-order valence-corrected chi connectivity index (χ0v) is 9.23. The van der Waals surface area contributed by atoms with Gasteiger partial charge in [0.2, 0.25) is 0 Å². The van der Waals surface area contributed by atoms with Gasteiger partial charge in [0.25, 0.3) is 0 Å². The summed E-state index contributed by atoms with van der Waals surface area (Å²) in [6, 6.07) is 10.9. The van der Waals surface area contributed by atoms with E-state index in [1.165, 1.54) is 7.05 Å². The topological polar surface area (TPSA) is 43.4 Å². The summed E-state index contributed by atoms with van der Waals surface area (Å²) < 4.78 is 0. The summed E-state index contributed by atoms with van der Waals surface area (Å²) in [4.78, 5) is 11.2. The van der Waals surface area contributed by atoms with Crippen molar-refractivity contribution in [2.45, 2.75) is 6.92 Å². The first-order valence-corrected chi connectivity index (χ1v) is 5.03. The predicted octanol–water partition coefficient (Wildman–Crippen LogP) is 2.98. The molecule has 0 fully saturated rings. The molecule has 0 atom stereocenters. The van der Waals surface area contributed by atoms with Gasteiger partial charge in [-0.05, 0) is 42.9 Å². The molecule has 0 heterocycles. The summed E-state index contributed by atoms with van der Waals surface area (Å²) >= 11 is 0. The SMILES string of the molecule is CC(=O)c1ccc2cc(N(C)[O-])ccc2c1. The van der Waals surface area contributed by atoms with Gasteiger partial charge in [-0.3, -0.25) is 4.79 Å². The summed E-state index contributed by atoms with van der Waals surface area (Å²) in [5, 5.41) is 13.9. The van der Waals surface area contributed by atoms with Crippen LogP contribution in [0.1, 0.15) is 17.3 Å². The van der Waals surface area contributed by atoms with Crippen molar-refractivity contribution in [1.82, 2.24) is 0 Å². The van der Waals surface area contributed by atoms with E-state index in [1.807, 2.05) is 24.3 Å². The maximum atomic E-state index is 11.2. The smallest absolute Gasteiger partial charge is 0.159 e. The predicted molar refractivity (Wildman–Crippen MR) is 65.7 cm³/mol. The number of carbonyl (C=O) groups excluding carboxylic acids is 1. The van der Waals surface area contributed by atoms with E-state index in [2.05, 4.69) is 0 Å². The number of nitrogens with zero attached hydrogens (tertiary/aromatic N) is 1. The number of rotatable bonds is 2. The van der Waals surface area contributed by atoms with Gasteiger partial charge in [-0.1, -0.05) is 18.2 Å². The van der Waals surface area contributed by atoms with Crippen LogP contribution >= 0.6 is 0 Å². The summed E-state index contributed by atoms with van der Waals surface area (Å²) in [5.74, 6) is 0.0481. The summed E-state index contributed by atoms with van der Waals surface area (Å²) in [6.45, 7) is 1.54. The molecule has 0 aliphatic rings. The second-order valence-corrected chi connectivity index (χ2v) is 3.80. The lowest BCUT2D eigenvalue weighted by molar-refractivity contribution is 0.101. The fourth-order valence-corrected chi connectivity index (χ4v) is 1.65. The van der Waals surface area contributed by atoms with Gasteiger partial charge < -0.3 is 10.3 Å². The van der Waals surface area contributed by atoms with Gasteiger partial charge in [-0.25, -0.2) is 0 Å². The third kappa shape index (κ3) is 1.90. The van der Waals surface area contributed by atoms with Crippen molar-refractivity contribution in [1.29, 1.82) is 0 Å². The fraction of sp³-hybridized carbons (Fsp3) is 0.154. The highest BCUT2D eigenvalue weighted by atomic mass is 16.5. The molecule has 0 spiro atoms. The Kier molecular flexibility index (Phi) is 2.62. The molecule has 0 radical (unpaired) electrons. The Morgan fingerprint density at radius 3 is 2.38 bits per heavy atom. The number of ketones is 1. The van der Waals surface area contributed by atoms with Crippen molar-refractivity contribution < 1.29 is 4.79 Å². The molecule has 0 bridgehead atoms. The van der Waals surface area contributed by atoms with Crippen LogP contribution in [-0.2, 0) is 0 Å². The van der Waals surface area contributed by atoms with Crippen LogP contribution in [0, 0.1) is 5.21 Å². The highest BCUT2D eigenvalue weighted by Gasteiger charge is 2.01. The molecular formula is C13H12NO2-. The van der Waals surface area contributed by atoms with E-state index in [9.17, 15) is 10.0 Å². The molecule has 0 saturated carbocycles. The molecular weight excluding hydrogens is 202 g/mol. The minimum absolute atomic E-state index is 0.0481. The molecule has 0 amide bonds. The van der Waals surface area contributed by atoms with E-state index in [0.717, 1.165) is 15.8 Å². The van der Waals surface area contributed by atoms with Crippen LogP contribution in [0.4, 0.5) is 5.69 Å². The molecule has 0 aliphatic heterocycles. The van der Waals surface area contributed by atoms with Gasteiger partial charge in [-0.15, -0.1) is 0 Å². The molecule has 82 valence electrons. The first-order valence-electron chi connectivity index (χ1n) is 5.03. The maximum absolute atomic E-state index is 11.2. The second-order valence-electron chi connectivity index (χ2n) is 3.80. The monoisotopic (exact) mass is 214 g/mol. The van der Waals surface area contributed by atoms with Crippen LogP contribution < -0.4 is 5.06 Å². The maximum Gasteiger partial charge on any atom is 0.159 e. The Hall–Kier alpha value is -1.87. The minimum atomic E-state index is 0.0481. The Labute approximate surface area is 93.9 Å². The minimum Gasteiger partial charge on any atom is -0.758 e. The summed E-state index contributed by atoms with van der Waals surface area (Å²) in [5.41, 5.74) is 1.30. The second kappa shape index (κ2) is 3.94. The number of carbonyl (C=O) groups is 1. The molecule has 0 N–H and O–H groups in total. The van der Waals surface area contributed by atoms with E-state index in [-0.39, 0.29) is 5.78 Å². The van der Waals surface area contributed by atoms with E-state index < -0.39 is 0 Å². The van der Waals surface area contributed by atoms with Crippen LogP contribution in [0.2, 0.25) is 0 Å². The first-order chi connectivity index (χ1) is 7.58. The van der Waals surface area contributed by atoms with Gasteiger partial charge in [0, 0.05) is 11.3 Å². The fourth-order valence-electron chi connectivity index (χ4n) is 1.65. The van der Waals surface area contributed by atoms with E-state index in [0.29, 0.717) is 11.3 Å². The quantitative estimate of drug-likeness (QED) is 0.570. The number of fused-ring (bicyclic) bond motifs is 1. The zero-order chi connectivity index (χ0) is 11.7. The van der Waals surface area contributed by atoms with Crippen LogP contribution in [0.5, 0.6) is 0 Å². The van der Waals surface area contributed by atoms with Crippen LogP contribution in [0.25, 0.3) is 10.8 Å². The third-order valence-corrected chi connectivity index (χ3v) is 2.59. The van der Waals surface area contributed by atoms with Gasteiger partial charge in [0.1, 0.15) is 0 Å². The number of hydroxylamine groups is 1. The Bertz CT molecular complexity index is 547. The molecule has 3 heteroatoms. The number of hydrogen-bond donors (Lipinski definition) is 0. The van der Waals surface area contributed by atoms with Crippen molar-refractivity contribution in [3.8, 4) is 0 Å². The van der Waals surface area contributed by atoms with E-state index in [4.69, 9.17) is 0 Å². The van der Waals surface area contributed by atoms with Gasteiger partial charge in [0.05, 0.1) is 0 Å². The summed E-state index contributed by atoms with van der Waals surface area (Å²) in [7, 11) is 1.46. The van der Waals surface area contributed by atoms with Gasteiger partial charge in [0.15, 0.2) is 5.78 Å². The molecule has 0 aromatic heterocycles. The molecule has 2 aromatic carbocycles. The molecule has 3 nitrogen and oxygen atoms in total. The number of hydrogen-bond acceptors (Lipinski definition) is 3. The lowest BCUT2D eigenvalue weighted by Gasteiger charge is -2.24. The summed E-state index contributed by atoms with van der Waals surface area (Å²) in [6.07, 6.45) is 0. The average Bonchev–Trinajstić information content (AvgIpc) is 2.27. The molecule has 0 unspecified atom stereocenters. The lowest BCUT2D eigenvalue weighted by atomic mass is 10.0. The Morgan fingerprint density at radius 1 is 1.12 bits per heavy atom. The molecule has 2 rings (SSSR count). The van der Waals surface area contributed by atoms with E-state index >= 15 is 0 Å². The standard InChI is InChI=1S/C13H12NO2/c1-9(15)10-3-4-12-8-13(14(2)16)6-5-11(12)7-10/h3-8H,1-2H3/q-1. The number of Topliss-reactive ketones (excluding diaryl/α,β-unsaturated/α-hetero) is 1. The van der Waals surface area contributed by atoms with Crippen molar-refractivity contribution in [2.24, 2.45) is 0 Å². The Balaban J connectivity index is 2.57. The first kappa shape index (κ1) is 10.6. The normalized spacial score (nSPS) is 10.4. The highest BCUT2D eigenvalue weighted by molar-refractivity contribution is 5.99. The average molecular weight is 214 g/mol. The van der Waals surface area contributed by atoms with Crippen LogP contribution in [0.15, 0.2) is 36.4 Å². The molecule has 0 saturated heterocycles. The van der Waals surface area contributed by atoms with Gasteiger partial charge >= 0.3 is 0 Å². The number of benzene rings is 2. The van der Waals surface area contributed by atoms with Crippen molar-refractivity contribution >= 4 is 22.2 Å². The molecule has 2 aromatic rings. The zero-order valence-electron chi connectivity index (χ0n) is 9.23. The number of anilines is 1. The third-order valence-electron chi connectivity index (χ3n) is 2.59. The highest BCUT2D eigenvalue weighted by Crippen LogP contribution is 2.22. The largest absolute Gasteiger partial charge is 0.758 e. The van der Waals surface area contributed by atoms with Crippen LogP contribution in [0.3, 0.4) is 0 Å². The van der Waals surface area contributed by atoms with Crippen LogP contribution in [-0.4, -0.2) is 12.8 Å². The van der Waals surface area contributed by atoms with Crippen molar-refractivity contribution in [3.05, 3.63) is 47.2 Å². The lowest BCUT2D eigenvalue weighted by Crippen LogP contribution is -2.05. The van der Waals surface area contributed by atoms with Crippen molar-refractivity contribution in [3.63, 3.8) is 0 Å². The Morgan fingerprint density at radius 2 is 1.75 bits per heavy atom. The van der Waals surface area contributed by atoms with Gasteiger partial charge in [-0.2, -0.15) is 0 Å². The van der Waals surface area contributed by atoms with Crippen molar-refractivity contribution in [2.75, 3.05) is 12.1 Å². The molecule has 16 heavy (non-hydrogen) atoms. The molecule has 0 aliphatic carbocycles.